The lowest BCUT2D eigenvalue weighted by Crippen LogP contribution is -2.52. The molecule has 4 atom stereocenters. The highest BCUT2D eigenvalue weighted by Gasteiger charge is 2.54. The van der Waals surface area contributed by atoms with Crippen molar-refractivity contribution >= 4 is 17.4 Å². The topological polar surface area (TPSA) is 37.3 Å². The lowest BCUT2D eigenvalue weighted by atomic mass is 9.68. The minimum atomic E-state index is -0.781. The number of carbonyl (C=O) groups excluding carboxylic acids is 1. The summed E-state index contributed by atoms with van der Waals surface area (Å²) in [4.78, 5) is 11.5. The van der Waals surface area contributed by atoms with Crippen LogP contribution in [0.2, 0.25) is 0 Å². The number of aliphatic hydroxyl groups is 1. The minimum Gasteiger partial charge on any atom is -0.389 e. The first-order chi connectivity index (χ1) is 6.55. The van der Waals surface area contributed by atoms with Gasteiger partial charge in [-0.2, -0.15) is 0 Å². The minimum absolute atomic E-state index is 0.0547. The van der Waals surface area contributed by atoms with Crippen LogP contribution in [0.25, 0.3) is 0 Å². The van der Waals surface area contributed by atoms with Crippen LogP contribution >= 0.6 is 11.6 Å². The summed E-state index contributed by atoms with van der Waals surface area (Å²) in [6.45, 7) is 1.55. The first-order valence-electron chi connectivity index (χ1n) is 5.42. The van der Waals surface area contributed by atoms with Crippen LogP contribution in [0.4, 0.5) is 0 Å². The Morgan fingerprint density at radius 1 is 1.43 bits per heavy atom. The molecule has 0 heterocycles. The lowest BCUT2D eigenvalue weighted by molar-refractivity contribution is -0.137. The summed E-state index contributed by atoms with van der Waals surface area (Å²) in [7, 11) is 0. The Kier molecular flexibility index (Phi) is 2.61. The maximum absolute atomic E-state index is 11.5. The predicted molar refractivity (Wildman–Crippen MR) is 55.3 cm³/mol. The molecule has 1 N–H and O–H groups in total. The molecule has 0 saturated heterocycles. The van der Waals surface area contributed by atoms with Gasteiger partial charge in [0.05, 0.1) is 11.5 Å². The van der Waals surface area contributed by atoms with Gasteiger partial charge >= 0.3 is 0 Å². The molecule has 0 aromatic rings. The molecule has 0 aromatic carbocycles. The van der Waals surface area contributed by atoms with Crippen LogP contribution in [-0.2, 0) is 4.79 Å². The van der Waals surface area contributed by atoms with Gasteiger partial charge in [0.25, 0.3) is 0 Å². The zero-order valence-electron chi connectivity index (χ0n) is 8.50. The molecule has 2 nitrogen and oxygen atoms in total. The Bertz CT molecular complexity index is 254. The summed E-state index contributed by atoms with van der Waals surface area (Å²) in [5.74, 6) is 0.0379. The zero-order valence-corrected chi connectivity index (χ0v) is 9.26. The summed E-state index contributed by atoms with van der Waals surface area (Å²) in [6, 6.07) is 0. The molecule has 2 fully saturated rings. The van der Waals surface area contributed by atoms with Crippen molar-refractivity contribution in [1.29, 1.82) is 0 Å². The van der Waals surface area contributed by atoms with Crippen molar-refractivity contribution in [3.05, 3.63) is 0 Å². The molecule has 2 saturated carbocycles. The Balaban J connectivity index is 2.29. The van der Waals surface area contributed by atoms with Crippen molar-refractivity contribution in [3.8, 4) is 0 Å². The molecule has 2 rings (SSSR count). The van der Waals surface area contributed by atoms with Gasteiger partial charge in [0.1, 0.15) is 5.78 Å². The molecule has 2 aliphatic carbocycles. The van der Waals surface area contributed by atoms with Crippen molar-refractivity contribution in [1.82, 2.24) is 0 Å². The Morgan fingerprint density at radius 3 is 2.79 bits per heavy atom. The Morgan fingerprint density at radius 2 is 2.14 bits per heavy atom. The highest BCUT2D eigenvalue weighted by Crippen LogP contribution is 2.50. The third kappa shape index (κ3) is 1.40. The van der Waals surface area contributed by atoms with E-state index in [2.05, 4.69) is 0 Å². The number of fused-ring (bicyclic) bond motifs is 1. The number of ketones is 1. The van der Waals surface area contributed by atoms with Gasteiger partial charge in [-0.25, -0.2) is 0 Å². The summed E-state index contributed by atoms with van der Waals surface area (Å²) >= 11 is 6.15. The second kappa shape index (κ2) is 3.49. The van der Waals surface area contributed by atoms with Crippen LogP contribution < -0.4 is 0 Å². The molecular weight excluding hydrogens is 200 g/mol. The van der Waals surface area contributed by atoms with Crippen molar-refractivity contribution in [2.45, 2.75) is 50.0 Å². The number of Topliss-reactive ketones (excluding diaryl/α,β-unsaturated/α-hetero) is 1. The smallest absolute Gasteiger partial charge is 0.137 e. The molecule has 0 aromatic heterocycles. The summed E-state index contributed by atoms with van der Waals surface area (Å²) in [6.07, 6.45) is 4.71. The quantitative estimate of drug-likeness (QED) is 0.682. The standard InChI is InChI=1S/C11H17ClO2/c1-7(13)10-9(12)5-4-8-3-2-6-11(8,10)14/h8-10,14H,2-6H2,1H3/t8-,9+,10-,11+/m0/s1. The number of alkyl halides is 1. The van der Waals surface area contributed by atoms with E-state index in [1.807, 2.05) is 0 Å². The molecule has 2 aliphatic rings. The Hall–Kier alpha value is -0.0800. The van der Waals surface area contributed by atoms with E-state index in [4.69, 9.17) is 11.6 Å². The van der Waals surface area contributed by atoms with Crippen molar-refractivity contribution in [2.24, 2.45) is 11.8 Å². The molecule has 0 radical (unpaired) electrons. The van der Waals surface area contributed by atoms with Crippen LogP contribution in [0.15, 0.2) is 0 Å². The van der Waals surface area contributed by atoms with Gasteiger partial charge in [-0.1, -0.05) is 6.42 Å². The molecule has 3 heteroatoms. The molecule has 14 heavy (non-hydrogen) atoms. The molecule has 0 unspecified atom stereocenters. The molecule has 0 spiro atoms. The second-order valence-electron chi connectivity index (χ2n) is 4.76. The van der Waals surface area contributed by atoms with Crippen LogP contribution in [0, 0.1) is 11.8 Å². The third-order valence-electron chi connectivity index (χ3n) is 3.97. The SMILES string of the molecule is CC(=O)[C@H]1[C@H](Cl)CC[C@@H]2CCC[C@@]21O. The van der Waals surface area contributed by atoms with E-state index in [0.717, 1.165) is 32.1 Å². The summed E-state index contributed by atoms with van der Waals surface area (Å²) < 4.78 is 0. The van der Waals surface area contributed by atoms with E-state index in [1.165, 1.54) is 0 Å². The fourth-order valence-electron chi connectivity index (χ4n) is 3.34. The number of hydrogen-bond acceptors (Lipinski definition) is 2. The van der Waals surface area contributed by atoms with Crippen LogP contribution in [0.5, 0.6) is 0 Å². The van der Waals surface area contributed by atoms with E-state index < -0.39 is 5.60 Å². The average Bonchev–Trinajstić information content (AvgIpc) is 2.44. The maximum Gasteiger partial charge on any atom is 0.137 e. The normalized spacial score (nSPS) is 47.5. The highest BCUT2D eigenvalue weighted by molar-refractivity contribution is 6.22. The molecule has 0 aliphatic heterocycles. The van der Waals surface area contributed by atoms with Gasteiger partial charge in [0.2, 0.25) is 0 Å². The molecule has 0 bridgehead atoms. The van der Waals surface area contributed by atoms with E-state index in [1.54, 1.807) is 6.92 Å². The summed E-state index contributed by atoms with van der Waals surface area (Å²) in [5.41, 5.74) is -0.781. The largest absolute Gasteiger partial charge is 0.389 e. The van der Waals surface area contributed by atoms with Gasteiger partial charge in [-0.15, -0.1) is 11.6 Å². The third-order valence-corrected chi connectivity index (χ3v) is 4.44. The average molecular weight is 217 g/mol. The Labute approximate surface area is 89.6 Å². The van der Waals surface area contributed by atoms with Crippen molar-refractivity contribution in [3.63, 3.8) is 0 Å². The van der Waals surface area contributed by atoms with E-state index in [9.17, 15) is 9.90 Å². The fraction of sp³-hybridized carbons (Fsp3) is 0.909. The van der Waals surface area contributed by atoms with E-state index in [0.29, 0.717) is 5.92 Å². The number of hydrogen-bond donors (Lipinski definition) is 1. The van der Waals surface area contributed by atoms with E-state index in [-0.39, 0.29) is 17.1 Å². The van der Waals surface area contributed by atoms with Gasteiger partial charge in [0.15, 0.2) is 0 Å². The molecular formula is C11H17ClO2. The molecule has 80 valence electrons. The highest BCUT2D eigenvalue weighted by atomic mass is 35.5. The first kappa shape index (κ1) is 10.4. The maximum atomic E-state index is 11.5. The van der Waals surface area contributed by atoms with Crippen molar-refractivity contribution in [2.75, 3.05) is 0 Å². The predicted octanol–water partition coefficient (Wildman–Crippen LogP) is 2.12. The number of halogens is 1. The van der Waals surface area contributed by atoms with Crippen LogP contribution in [0.1, 0.15) is 39.0 Å². The monoisotopic (exact) mass is 216 g/mol. The lowest BCUT2D eigenvalue weighted by Gasteiger charge is -2.43. The fourth-order valence-corrected chi connectivity index (χ4v) is 3.86. The van der Waals surface area contributed by atoms with Gasteiger partial charge in [-0.3, -0.25) is 4.79 Å². The zero-order chi connectivity index (χ0) is 10.3. The van der Waals surface area contributed by atoms with Crippen LogP contribution in [0.3, 0.4) is 0 Å². The van der Waals surface area contributed by atoms with Crippen molar-refractivity contribution < 1.29 is 9.90 Å². The number of rotatable bonds is 1. The first-order valence-corrected chi connectivity index (χ1v) is 5.86. The van der Waals surface area contributed by atoms with E-state index >= 15 is 0 Å². The van der Waals surface area contributed by atoms with Gasteiger partial charge < -0.3 is 5.11 Å². The summed E-state index contributed by atoms with van der Waals surface area (Å²) in [5, 5.41) is 10.3. The van der Waals surface area contributed by atoms with Gasteiger partial charge in [-0.05, 0) is 38.5 Å². The molecule has 0 amide bonds. The van der Waals surface area contributed by atoms with Crippen LogP contribution in [-0.4, -0.2) is 21.9 Å². The van der Waals surface area contributed by atoms with Gasteiger partial charge in [0, 0.05) is 5.38 Å². The second-order valence-corrected chi connectivity index (χ2v) is 5.32. The number of carbonyl (C=O) groups is 1.